The molecule has 0 radical (unpaired) electrons. The Morgan fingerprint density at radius 2 is 1.96 bits per heavy atom. The number of H-pyrrole nitrogens is 1. The molecule has 3 aromatic rings. The molecule has 0 saturated carbocycles. The quantitative estimate of drug-likeness (QED) is 0.533. The second-order valence-electron chi connectivity index (χ2n) is 7.18. The summed E-state index contributed by atoms with van der Waals surface area (Å²) in [5.41, 5.74) is 1.95. The lowest BCUT2D eigenvalue weighted by Gasteiger charge is -2.21. The number of rotatable bonds is 4. The number of nitro benzene ring substituents is 1. The Morgan fingerprint density at radius 1 is 1.22 bits per heavy atom. The van der Waals surface area contributed by atoms with E-state index in [0.717, 1.165) is 5.56 Å². The van der Waals surface area contributed by atoms with Gasteiger partial charge in [0.1, 0.15) is 5.75 Å². The molecule has 8 nitrogen and oxygen atoms in total. The minimum Gasteiger partial charge on any atom is -0.495 e. The van der Waals surface area contributed by atoms with Gasteiger partial charge < -0.3 is 10.1 Å². The van der Waals surface area contributed by atoms with Crippen LogP contribution in [-0.4, -0.2) is 28.1 Å². The fourth-order valence-electron chi connectivity index (χ4n) is 2.74. The Morgan fingerprint density at radius 3 is 2.59 bits per heavy atom. The molecule has 1 amide bonds. The summed E-state index contributed by atoms with van der Waals surface area (Å²) in [5, 5.41) is 20.9. The second kappa shape index (κ2) is 6.71. The lowest BCUT2D eigenvalue weighted by atomic mass is 9.87. The van der Waals surface area contributed by atoms with Gasteiger partial charge in [-0.25, -0.2) is 0 Å². The molecule has 2 N–H and O–H groups in total. The molecule has 0 saturated heterocycles. The first kappa shape index (κ1) is 18.4. The van der Waals surface area contributed by atoms with Crippen LogP contribution in [0.15, 0.2) is 36.4 Å². The highest BCUT2D eigenvalue weighted by Gasteiger charge is 2.20. The number of nitrogens with one attached hydrogen (secondary N) is 2. The van der Waals surface area contributed by atoms with E-state index < -0.39 is 10.8 Å². The molecule has 0 aliphatic heterocycles. The monoisotopic (exact) mass is 368 g/mol. The smallest absolute Gasteiger partial charge is 0.276 e. The number of carbonyl (C=O) groups excluding carboxylic acids is 1. The first-order valence-corrected chi connectivity index (χ1v) is 8.33. The highest BCUT2D eigenvalue weighted by Crippen LogP contribution is 2.32. The number of anilines is 1. The third kappa shape index (κ3) is 3.59. The molecule has 0 fully saturated rings. The van der Waals surface area contributed by atoms with Crippen LogP contribution in [0.2, 0.25) is 0 Å². The van der Waals surface area contributed by atoms with E-state index in [9.17, 15) is 14.9 Å². The number of hydrogen-bond donors (Lipinski definition) is 2. The number of benzene rings is 2. The zero-order valence-electron chi connectivity index (χ0n) is 15.5. The Hall–Kier alpha value is -3.42. The fourth-order valence-corrected chi connectivity index (χ4v) is 2.74. The van der Waals surface area contributed by atoms with Crippen LogP contribution < -0.4 is 10.1 Å². The van der Waals surface area contributed by atoms with Crippen molar-refractivity contribution in [3.05, 3.63) is 57.8 Å². The summed E-state index contributed by atoms with van der Waals surface area (Å²) in [5.74, 6) is 0.0354. The molecule has 3 rings (SSSR count). The maximum absolute atomic E-state index is 12.8. The minimum absolute atomic E-state index is 0.0805. The maximum atomic E-state index is 12.8. The van der Waals surface area contributed by atoms with Crippen LogP contribution in [0.3, 0.4) is 0 Å². The minimum atomic E-state index is -0.510. The number of methoxy groups -OCH3 is 1. The van der Waals surface area contributed by atoms with Crippen LogP contribution in [0, 0.1) is 10.1 Å². The predicted molar refractivity (Wildman–Crippen MR) is 102 cm³/mol. The number of aromatic amines is 1. The van der Waals surface area contributed by atoms with Crippen molar-refractivity contribution in [2.24, 2.45) is 0 Å². The summed E-state index contributed by atoms with van der Waals surface area (Å²) in [6.07, 6.45) is 0. The predicted octanol–water partition coefficient (Wildman–Crippen LogP) is 4.03. The molecular weight excluding hydrogens is 348 g/mol. The number of fused-ring (bicyclic) bond motifs is 1. The number of nitro groups is 1. The number of carbonyl (C=O) groups is 1. The van der Waals surface area contributed by atoms with E-state index in [-0.39, 0.29) is 16.8 Å². The number of hydrogen-bond acceptors (Lipinski definition) is 5. The van der Waals surface area contributed by atoms with Gasteiger partial charge in [-0.1, -0.05) is 26.8 Å². The van der Waals surface area contributed by atoms with Gasteiger partial charge in [0.25, 0.3) is 11.6 Å². The van der Waals surface area contributed by atoms with Gasteiger partial charge in [-0.15, -0.1) is 0 Å². The van der Waals surface area contributed by atoms with Gasteiger partial charge in [0, 0.05) is 17.5 Å². The summed E-state index contributed by atoms with van der Waals surface area (Å²) < 4.78 is 5.34. The molecule has 1 aromatic heterocycles. The number of ether oxygens (including phenoxy) is 1. The van der Waals surface area contributed by atoms with Gasteiger partial charge in [0.05, 0.1) is 23.2 Å². The summed E-state index contributed by atoms with van der Waals surface area (Å²) in [7, 11) is 1.52. The van der Waals surface area contributed by atoms with Gasteiger partial charge >= 0.3 is 0 Å². The standard InChI is InChI=1S/C19H20N4O4/c1-19(2,3)11-5-8-16(27-4)15(9-11)20-18(24)17-13-10-12(23(25)26)6-7-14(13)21-22-17/h5-10H,1-4H3,(H,20,24)(H,21,22). The third-order valence-electron chi connectivity index (χ3n) is 4.29. The molecule has 8 heteroatoms. The highest BCUT2D eigenvalue weighted by molar-refractivity contribution is 6.11. The zero-order chi connectivity index (χ0) is 19.8. The van der Waals surface area contributed by atoms with E-state index >= 15 is 0 Å². The Bertz CT molecular complexity index is 1030. The normalized spacial score (nSPS) is 11.4. The van der Waals surface area contributed by atoms with Crippen molar-refractivity contribution in [2.45, 2.75) is 26.2 Å². The van der Waals surface area contributed by atoms with Crippen molar-refractivity contribution >= 4 is 28.2 Å². The van der Waals surface area contributed by atoms with Crippen LogP contribution in [0.1, 0.15) is 36.8 Å². The topological polar surface area (TPSA) is 110 Å². The van der Waals surface area contributed by atoms with Crippen LogP contribution in [0.4, 0.5) is 11.4 Å². The zero-order valence-corrected chi connectivity index (χ0v) is 15.5. The van der Waals surface area contributed by atoms with Crippen molar-refractivity contribution in [2.75, 3.05) is 12.4 Å². The molecule has 1 heterocycles. The van der Waals surface area contributed by atoms with Crippen molar-refractivity contribution in [3.8, 4) is 5.75 Å². The van der Waals surface area contributed by atoms with Crippen LogP contribution in [0.5, 0.6) is 5.75 Å². The molecular formula is C19H20N4O4. The Labute approximate surface area is 155 Å². The van der Waals surface area contributed by atoms with E-state index in [1.54, 1.807) is 6.07 Å². The lowest BCUT2D eigenvalue weighted by molar-refractivity contribution is -0.384. The number of aromatic nitrogens is 2. The van der Waals surface area contributed by atoms with E-state index in [1.165, 1.54) is 25.3 Å². The third-order valence-corrected chi connectivity index (χ3v) is 4.29. The maximum Gasteiger partial charge on any atom is 0.276 e. The Kier molecular flexibility index (Phi) is 4.57. The number of amides is 1. The average molecular weight is 368 g/mol. The van der Waals surface area contributed by atoms with E-state index in [1.807, 2.05) is 12.1 Å². The van der Waals surface area contributed by atoms with Crippen molar-refractivity contribution in [1.29, 1.82) is 0 Å². The van der Waals surface area contributed by atoms with E-state index in [4.69, 9.17) is 4.74 Å². The molecule has 0 spiro atoms. The van der Waals surface area contributed by atoms with Crippen LogP contribution >= 0.6 is 0 Å². The molecule has 27 heavy (non-hydrogen) atoms. The molecule has 140 valence electrons. The summed E-state index contributed by atoms with van der Waals surface area (Å²) >= 11 is 0. The SMILES string of the molecule is COc1ccc(C(C)(C)C)cc1NC(=O)c1n[nH]c2ccc([N+](=O)[O-])cc12. The van der Waals surface area contributed by atoms with Crippen molar-refractivity contribution in [3.63, 3.8) is 0 Å². The molecule has 2 aromatic carbocycles. The van der Waals surface area contributed by atoms with Crippen molar-refractivity contribution < 1.29 is 14.5 Å². The molecule has 0 aliphatic rings. The van der Waals surface area contributed by atoms with Crippen molar-refractivity contribution in [1.82, 2.24) is 10.2 Å². The average Bonchev–Trinajstić information content (AvgIpc) is 3.04. The molecule has 0 bridgehead atoms. The van der Waals surface area contributed by atoms with Gasteiger partial charge in [-0.3, -0.25) is 20.0 Å². The van der Waals surface area contributed by atoms with Gasteiger partial charge in [-0.2, -0.15) is 5.10 Å². The van der Waals surface area contributed by atoms with Gasteiger partial charge in [0.15, 0.2) is 5.69 Å². The van der Waals surface area contributed by atoms with Crippen LogP contribution in [-0.2, 0) is 5.41 Å². The first-order chi connectivity index (χ1) is 12.7. The number of non-ortho nitro benzene ring substituents is 1. The lowest BCUT2D eigenvalue weighted by Crippen LogP contribution is -2.16. The molecule has 0 unspecified atom stereocenters. The summed E-state index contributed by atoms with van der Waals surface area (Å²) in [4.78, 5) is 23.3. The summed E-state index contributed by atoms with van der Waals surface area (Å²) in [6, 6.07) is 9.81. The Balaban J connectivity index is 1.99. The number of nitrogens with zero attached hydrogens (tertiary/aromatic N) is 2. The second-order valence-corrected chi connectivity index (χ2v) is 7.18. The molecule has 0 atom stereocenters. The highest BCUT2D eigenvalue weighted by atomic mass is 16.6. The first-order valence-electron chi connectivity index (χ1n) is 8.33. The van der Waals surface area contributed by atoms with E-state index in [2.05, 4.69) is 36.3 Å². The van der Waals surface area contributed by atoms with Gasteiger partial charge in [0.2, 0.25) is 0 Å². The summed E-state index contributed by atoms with van der Waals surface area (Å²) in [6.45, 7) is 6.21. The van der Waals surface area contributed by atoms with Gasteiger partial charge in [-0.05, 0) is 29.2 Å². The molecule has 0 aliphatic carbocycles. The largest absolute Gasteiger partial charge is 0.495 e. The fraction of sp³-hybridized carbons (Fsp3) is 0.263. The van der Waals surface area contributed by atoms with Crippen LogP contribution in [0.25, 0.3) is 10.9 Å². The van der Waals surface area contributed by atoms with E-state index in [0.29, 0.717) is 22.3 Å².